The van der Waals surface area contributed by atoms with E-state index in [4.69, 9.17) is 9.84 Å². The lowest BCUT2D eigenvalue weighted by Crippen LogP contribution is -2.05. The Bertz CT molecular complexity index is 458. The first kappa shape index (κ1) is 12.6. The van der Waals surface area contributed by atoms with Crippen LogP contribution in [0.15, 0.2) is 24.9 Å². The number of hydrogen-bond donors (Lipinski definition) is 1. The average Bonchev–Trinajstić information content (AvgIpc) is 2.29. The molecule has 0 bridgehead atoms. The zero-order valence-electron chi connectivity index (χ0n) is 8.83. The Morgan fingerprint density at radius 3 is 2.94 bits per heavy atom. The summed E-state index contributed by atoms with van der Waals surface area (Å²) >= 11 is 0. The Balaban J connectivity index is 2.97. The first-order valence-electron chi connectivity index (χ1n) is 4.67. The molecule has 0 unspecified atom stereocenters. The number of nitrogens with zero attached hydrogens (tertiary/aromatic N) is 2. The molecule has 1 heterocycles. The van der Waals surface area contributed by atoms with E-state index in [1.165, 1.54) is 0 Å². The van der Waals surface area contributed by atoms with E-state index in [2.05, 4.69) is 11.6 Å². The van der Waals surface area contributed by atoms with Crippen molar-refractivity contribution in [2.24, 2.45) is 0 Å². The minimum absolute atomic E-state index is 0.0369. The van der Waals surface area contributed by atoms with Crippen LogP contribution in [0, 0.1) is 10.1 Å². The Labute approximate surface area is 96.5 Å². The fraction of sp³-hybridized carbons (Fsp3) is 0.200. The summed E-state index contributed by atoms with van der Waals surface area (Å²) in [6.07, 6.45) is 3.07. The van der Waals surface area contributed by atoms with Crippen LogP contribution in [-0.2, 0) is 0 Å². The molecule has 17 heavy (non-hydrogen) atoms. The topological polar surface area (TPSA) is 103 Å². The van der Waals surface area contributed by atoms with Crippen molar-refractivity contribution in [2.75, 3.05) is 6.61 Å². The second-order valence-corrected chi connectivity index (χ2v) is 3.03. The zero-order valence-corrected chi connectivity index (χ0v) is 8.83. The van der Waals surface area contributed by atoms with Gasteiger partial charge in [0.2, 0.25) is 5.88 Å². The molecule has 0 amide bonds. The summed E-state index contributed by atoms with van der Waals surface area (Å²) in [6, 6.07) is 1.03. The molecule has 90 valence electrons. The highest BCUT2D eigenvalue weighted by Gasteiger charge is 2.21. The van der Waals surface area contributed by atoms with Crippen LogP contribution < -0.4 is 4.74 Å². The molecule has 7 heteroatoms. The number of carbonyl (C=O) groups is 1. The molecule has 0 radical (unpaired) electrons. The SMILES string of the molecule is C=CCCOc1cc(C(=O)O)c([N+](=O)[O-])cn1. The average molecular weight is 238 g/mol. The third kappa shape index (κ3) is 3.26. The van der Waals surface area contributed by atoms with Crippen molar-refractivity contribution in [3.05, 3.63) is 40.6 Å². The molecule has 7 nitrogen and oxygen atoms in total. The Hall–Kier alpha value is -2.44. The molecule has 0 fully saturated rings. The maximum atomic E-state index is 10.8. The van der Waals surface area contributed by atoms with Gasteiger partial charge in [-0.15, -0.1) is 6.58 Å². The van der Waals surface area contributed by atoms with Crippen LogP contribution in [0.2, 0.25) is 0 Å². The molecule has 0 atom stereocenters. The van der Waals surface area contributed by atoms with Crippen molar-refractivity contribution in [2.45, 2.75) is 6.42 Å². The van der Waals surface area contributed by atoms with Gasteiger partial charge in [-0.3, -0.25) is 10.1 Å². The van der Waals surface area contributed by atoms with Gasteiger partial charge in [-0.2, -0.15) is 0 Å². The summed E-state index contributed by atoms with van der Waals surface area (Å²) in [5.74, 6) is -1.36. The van der Waals surface area contributed by atoms with E-state index in [9.17, 15) is 14.9 Å². The van der Waals surface area contributed by atoms with Crippen molar-refractivity contribution >= 4 is 11.7 Å². The van der Waals surface area contributed by atoms with Crippen LogP contribution in [0.25, 0.3) is 0 Å². The predicted octanol–water partition coefficient (Wildman–Crippen LogP) is 1.64. The minimum Gasteiger partial charge on any atom is -0.477 e. The van der Waals surface area contributed by atoms with Gasteiger partial charge in [0.1, 0.15) is 11.8 Å². The Kier molecular flexibility index (Phi) is 4.15. The lowest BCUT2D eigenvalue weighted by Gasteiger charge is -2.04. The maximum absolute atomic E-state index is 10.8. The highest BCUT2D eigenvalue weighted by Crippen LogP contribution is 2.21. The summed E-state index contributed by atoms with van der Waals surface area (Å²) in [6.45, 7) is 3.78. The maximum Gasteiger partial charge on any atom is 0.342 e. The van der Waals surface area contributed by atoms with Crippen LogP contribution in [0.3, 0.4) is 0 Å². The van der Waals surface area contributed by atoms with Crippen molar-refractivity contribution in [3.8, 4) is 5.88 Å². The van der Waals surface area contributed by atoms with E-state index in [1.54, 1.807) is 6.08 Å². The van der Waals surface area contributed by atoms with Crippen LogP contribution in [0.1, 0.15) is 16.8 Å². The van der Waals surface area contributed by atoms with Crippen molar-refractivity contribution in [1.82, 2.24) is 4.98 Å². The molecule has 0 saturated carbocycles. The smallest absolute Gasteiger partial charge is 0.342 e. The second-order valence-electron chi connectivity index (χ2n) is 3.03. The van der Waals surface area contributed by atoms with Crippen LogP contribution in [-0.4, -0.2) is 27.6 Å². The first-order valence-corrected chi connectivity index (χ1v) is 4.67. The van der Waals surface area contributed by atoms with Crippen molar-refractivity contribution < 1.29 is 19.6 Å². The number of nitro groups is 1. The number of carboxylic acids is 1. The van der Waals surface area contributed by atoms with Gasteiger partial charge in [-0.05, 0) is 6.42 Å². The Morgan fingerprint density at radius 2 is 2.41 bits per heavy atom. The Morgan fingerprint density at radius 1 is 1.71 bits per heavy atom. The molecular formula is C10H10N2O5. The largest absolute Gasteiger partial charge is 0.477 e. The summed E-state index contributed by atoms with van der Waals surface area (Å²) in [5, 5.41) is 19.4. The fourth-order valence-corrected chi connectivity index (χ4v) is 1.07. The van der Waals surface area contributed by atoms with Crippen LogP contribution in [0.5, 0.6) is 5.88 Å². The molecule has 1 rings (SSSR count). The van der Waals surface area contributed by atoms with Crippen LogP contribution >= 0.6 is 0 Å². The van der Waals surface area contributed by atoms with Gasteiger partial charge in [0.15, 0.2) is 0 Å². The highest BCUT2D eigenvalue weighted by atomic mass is 16.6. The molecule has 0 spiro atoms. The number of rotatable bonds is 6. The molecule has 0 aliphatic heterocycles. The highest BCUT2D eigenvalue weighted by molar-refractivity contribution is 5.92. The van der Waals surface area contributed by atoms with E-state index in [0.717, 1.165) is 12.3 Å². The standard InChI is InChI=1S/C10H10N2O5/c1-2-3-4-17-9-5-7(10(13)14)8(6-11-9)12(15)16/h2,5-6H,1,3-4H2,(H,13,14). The molecule has 0 aliphatic carbocycles. The minimum atomic E-state index is -1.40. The summed E-state index contributed by atoms with van der Waals surface area (Å²) in [4.78, 5) is 24.2. The van der Waals surface area contributed by atoms with Gasteiger partial charge in [-0.25, -0.2) is 9.78 Å². The van der Waals surface area contributed by atoms with E-state index >= 15 is 0 Å². The number of pyridine rings is 1. The van der Waals surface area contributed by atoms with Gasteiger partial charge < -0.3 is 9.84 Å². The molecule has 0 aromatic carbocycles. The predicted molar refractivity (Wildman–Crippen MR) is 58.2 cm³/mol. The summed E-state index contributed by atoms with van der Waals surface area (Å²) in [7, 11) is 0. The van der Waals surface area contributed by atoms with Gasteiger partial charge in [0, 0.05) is 6.07 Å². The van der Waals surface area contributed by atoms with Crippen molar-refractivity contribution in [1.29, 1.82) is 0 Å². The van der Waals surface area contributed by atoms with E-state index in [-0.39, 0.29) is 12.5 Å². The van der Waals surface area contributed by atoms with Gasteiger partial charge >= 0.3 is 11.7 Å². The lowest BCUT2D eigenvalue weighted by molar-refractivity contribution is -0.385. The normalized spacial score (nSPS) is 9.65. The first-order chi connectivity index (χ1) is 8.06. The third-order valence-corrected chi connectivity index (χ3v) is 1.86. The van der Waals surface area contributed by atoms with E-state index in [0.29, 0.717) is 6.42 Å². The van der Waals surface area contributed by atoms with E-state index in [1.807, 2.05) is 0 Å². The quantitative estimate of drug-likeness (QED) is 0.350. The van der Waals surface area contributed by atoms with Gasteiger partial charge in [-0.1, -0.05) is 6.08 Å². The molecular weight excluding hydrogens is 228 g/mol. The number of carboxylic acid groups (broad SMARTS) is 1. The number of ether oxygens (including phenoxy) is 1. The zero-order chi connectivity index (χ0) is 12.8. The number of aromatic carboxylic acids is 1. The molecule has 0 saturated heterocycles. The monoisotopic (exact) mass is 238 g/mol. The van der Waals surface area contributed by atoms with Gasteiger partial charge in [0.25, 0.3) is 0 Å². The summed E-state index contributed by atoms with van der Waals surface area (Å²) in [5.41, 5.74) is -1.01. The van der Waals surface area contributed by atoms with Crippen LogP contribution in [0.4, 0.5) is 5.69 Å². The van der Waals surface area contributed by atoms with Crippen molar-refractivity contribution in [3.63, 3.8) is 0 Å². The summed E-state index contributed by atoms with van der Waals surface area (Å²) < 4.78 is 5.10. The lowest BCUT2D eigenvalue weighted by atomic mass is 10.2. The molecule has 1 aromatic rings. The second kappa shape index (κ2) is 5.59. The molecule has 1 aromatic heterocycles. The molecule has 0 aliphatic rings. The third-order valence-electron chi connectivity index (χ3n) is 1.86. The molecule has 1 N–H and O–H groups in total. The number of hydrogen-bond acceptors (Lipinski definition) is 5. The fourth-order valence-electron chi connectivity index (χ4n) is 1.07. The van der Waals surface area contributed by atoms with Gasteiger partial charge in [0.05, 0.1) is 11.5 Å². The number of aromatic nitrogens is 1. The van der Waals surface area contributed by atoms with E-state index < -0.39 is 22.1 Å².